The fourth-order valence-corrected chi connectivity index (χ4v) is 3.70. The first-order valence-corrected chi connectivity index (χ1v) is 8.90. The Balaban J connectivity index is 1.53. The number of amides is 1. The highest BCUT2D eigenvalue weighted by atomic mass is 16.5. The van der Waals surface area contributed by atoms with Crippen LogP contribution in [0.1, 0.15) is 44.7 Å². The molecular weight excluding hydrogens is 306 g/mol. The monoisotopic (exact) mass is 333 g/mol. The van der Waals surface area contributed by atoms with Gasteiger partial charge in [0.25, 0.3) is 0 Å². The molecule has 132 valence electrons. The maximum absolute atomic E-state index is 11.0. The van der Waals surface area contributed by atoms with E-state index >= 15 is 0 Å². The van der Waals surface area contributed by atoms with E-state index in [9.17, 15) is 9.90 Å². The number of hydrogen-bond donors (Lipinski definition) is 2. The van der Waals surface area contributed by atoms with Crippen LogP contribution in [0.4, 0.5) is 0 Å². The van der Waals surface area contributed by atoms with Crippen molar-refractivity contribution in [3.05, 3.63) is 24.0 Å². The third-order valence-corrected chi connectivity index (χ3v) is 4.95. The first-order valence-electron chi connectivity index (χ1n) is 8.90. The van der Waals surface area contributed by atoms with Crippen LogP contribution in [-0.4, -0.2) is 52.2 Å². The number of likely N-dealkylation sites (tertiary alicyclic amines) is 1. The number of pyridine rings is 1. The molecule has 1 saturated heterocycles. The molecule has 1 aromatic rings. The van der Waals surface area contributed by atoms with Crippen LogP contribution in [0.15, 0.2) is 18.3 Å². The molecule has 3 atom stereocenters. The van der Waals surface area contributed by atoms with Gasteiger partial charge in [-0.05, 0) is 25.3 Å². The van der Waals surface area contributed by atoms with Crippen molar-refractivity contribution in [3.8, 4) is 5.75 Å². The molecule has 2 heterocycles. The minimum absolute atomic E-state index is 0.0689. The zero-order chi connectivity index (χ0) is 16.9. The van der Waals surface area contributed by atoms with Crippen LogP contribution >= 0.6 is 0 Å². The van der Waals surface area contributed by atoms with E-state index in [1.54, 1.807) is 6.20 Å². The van der Waals surface area contributed by atoms with Crippen molar-refractivity contribution in [2.45, 2.75) is 63.8 Å². The van der Waals surface area contributed by atoms with Gasteiger partial charge >= 0.3 is 0 Å². The third-order valence-electron chi connectivity index (χ3n) is 4.95. The van der Waals surface area contributed by atoms with E-state index in [4.69, 9.17) is 4.74 Å². The Bertz CT molecular complexity index is 566. The number of aliphatic hydroxyl groups is 1. The molecule has 3 unspecified atom stereocenters. The predicted octanol–water partition coefficient (Wildman–Crippen LogP) is 1.47. The van der Waals surface area contributed by atoms with E-state index in [-0.39, 0.29) is 18.1 Å². The first kappa shape index (κ1) is 17.2. The lowest BCUT2D eigenvalue weighted by atomic mass is 9.91. The third kappa shape index (κ3) is 4.45. The van der Waals surface area contributed by atoms with E-state index in [0.717, 1.165) is 50.2 Å². The molecule has 2 N–H and O–H groups in total. The van der Waals surface area contributed by atoms with Gasteiger partial charge in [-0.15, -0.1) is 0 Å². The molecule has 6 heteroatoms. The van der Waals surface area contributed by atoms with E-state index in [1.807, 2.05) is 12.1 Å². The fourth-order valence-electron chi connectivity index (χ4n) is 3.70. The molecule has 0 radical (unpaired) electrons. The second kappa shape index (κ2) is 7.94. The van der Waals surface area contributed by atoms with Crippen LogP contribution in [0.3, 0.4) is 0 Å². The van der Waals surface area contributed by atoms with Crippen molar-refractivity contribution < 1.29 is 14.6 Å². The first-order chi connectivity index (χ1) is 11.6. The average molecular weight is 333 g/mol. The predicted molar refractivity (Wildman–Crippen MR) is 90.6 cm³/mol. The molecule has 0 bridgehead atoms. The smallest absolute Gasteiger partial charge is 0.217 e. The molecule has 3 rings (SSSR count). The van der Waals surface area contributed by atoms with Gasteiger partial charge in [-0.25, -0.2) is 0 Å². The van der Waals surface area contributed by atoms with E-state index in [1.165, 1.54) is 13.3 Å². The molecule has 6 nitrogen and oxygen atoms in total. The van der Waals surface area contributed by atoms with Crippen LogP contribution in [0.2, 0.25) is 0 Å². The van der Waals surface area contributed by atoms with Crippen molar-refractivity contribution in [2.24, 2.45) is 0 Å². The number of nitrogens with zero attached hydrogens (tertiary/aromatic N) is 2. The van der Waals surface area contributed by atoms with Gasteiger partial charge in [0.1, 0.15) is 11.9 Å². The number of rotatable bonds is 5. The van der Waals surface area contributed by atoms with E-state index in [0.29, 0.717) is 12.6 Å². The minimum Gasteiger partial charge on any atom is -0.489 e. The number of carbonyl (C=O) groups excluding carboxylic acids is 1. The summed E-state index contributed by atoms with van der Waals surface area (Å²) >= 11 is 0. The highest BCUT2D eigenvalue weighted by Gasteiger charge is 2.34. The van der Waals surface area contributed by atoms with Gasteiger partial charge < -0.3 is 15.2 Å². The zero-order valence-electron chi connectivity index (χ0n) is 14.3. The second-order valence-electron chi connectivity index (χ2n) is 6.84. The summed E-state index contributed by atoms with van der Waals surface area (Å²) in [5, 5.41) is 13.0. The SMILES string of the molecule is CC(=O)NCc1cc(OC2CCN(C3CCCCC3O)C2)ccn1. The lowest BCUT2D eigenvalue weighted by Gasteiger charge is -2.35. The summed E-state index contributed by atoms with van der Waals surface area (Å²) in [5.41, 5.74) is 0.792. The van der Waals surface area contributed by atoms with Gasteiger partial charge in [0, 0.05) is 38.3 Å². The summed E-state index contributed by atoms with van der Waals surface area (Å²) in [6.07, 6.45) is 7.00. The number of aliphatic hydroxyl groups excluding tert-OH is 1. The standard InChI is InChI=1S/C18H27N3O3/c1-13(22)20-11-14-10-15(6-8-19-14)24-16-7-9-21(12-16)17-4-2-3-5-18(17)23/h6,8,10,16-18,23H,2-5,7,9,11-12H2,1H3,(H,20,22). The lowest BCUT2D eigenvalue weighted by Crippen LogP contribution is -2.44. The fraction of sp³-hybridized carbons (Fsp3) is 0.667. The minimum atomic E-state index is -0.192. The molecule has 24 heavy (non-hydrogen) atoms. The van der Waals surface area contributed by atoms with Crippen molar-refractivity contribution in [1.29, 1.82) is 0 Å². The van der Waals surface area contributed by atoms with Gasteiger partial charge in [0.15, 0.2) is 0 Å². The van der Waals surface area contributed by atoms with E-state index < -0.39 is 0 Å². The molecule has 2 aliphatic rings. The summed E-state index contributed by atoms with van der Waals surface area (Å²) in [7, 11) is 0. The molecule has 1 aliphatic carbocycles. The molecule has 1 aliphatic heterocycles. The Morgan fingerprint density at radius 3 is 3.04 bits per heavy atom. The molecule has 0 spiro atoms. The van der Waals surface area contributed by atoms with Crippen LogP contribution in [0.5, 0.6) is 5.75 Å². The normalized spacial score (nSPS) is 27.8. The maximum Gasteiger partial charge on any atom is 0.217 e. The topological polar surface area (TPSA) is 74.7 Å². The number of hydrogen-bond acceptors (Lipinski definition) is 5. The van der Waals surface area contributed by atoms with Crippen LogP contribution in [0, 0.1) is 0 Å². The van der Waals surface area contributed by atoms with Crippen LogP contribution in [0.25, 0.3) is 0 Å². The summed E-state index contributed by atoms with van der Waals surface area (Å²) < 4.78 is 6.10. The highest BCUT2D eigenvalue weighted by molar-refractivity contribution is 5.72. The van der Waals surface area contributed by atoms with Crippen molar-refractivity contribution in [3.63, 3.8) is 0 Å². The van der Waals surface area contributed by atoms with Gasteiger partial charge in [-0.3, -0.25) is 14.7 Å². The van der Waals surface area contributed by atoms with Crippen molar-refractivity contribution in [1.82, 2.24) is 15.2 Å². The van der Waals surface area contributed by atoms with Gasteiger partial charge in [0.05, 0.1) is 18.3 Å². The van der Waals surface area contributed by atoms with Gasteiger partial charge in [0.2, 0.25) is 5.91 Å². The average Bonchev–Trinajstić information content (AvgIpc) is 3.02. The Kier molecular flexibility index (Phi) is 5.68. The highest BCUT2D eigenvalue weighted by Crippen LogP contribution is 2.27. The Labute approximate surface area is 143 Å². The van der Waals surface area contributed by atoms with Crippen LogP contribution in [-0.2, 0) is 11.3 Å². The Morgan fingerprint density at radius 1 is 1.42 bits per heavy atom. The molecule has 1 amide bonds. The maximum atomic E-state index is 11.0. The molecule has 2 fully saturated rings. The second-order valence-corrected chi connectivity index (χ2v) is 6.84. The number of nitrogens with one attached hydrogen (secondary N) is 1. The molecular formula is C18H27N3O3. The number of ether oxygens (including phenoxy) is 1. The summed E-state index contributed by atoms with van der Waals surface area (Å²) in [4.78, 5) is 17.6. The van der Waals surface area contributed by atoms with Crippen molar-refractivity contribution in [2.75, 3.05) is 13.1 Å². The quantitative estimate of drug-likeness (QED) is 0.854. The Morgan fingerprint density at radius 2 is 2.25 bits per heavy atom. The Hall–Kier alpha value is -1.66. The number of aromatic nitrogens is 1. The largest absolute Gasteiger partial charge is 0.489 e. The van der Waals surface area contributed by atoms with Crippen LogP contribution < -0.4 is 10.1 Å². The zero-order valence-corrected chi connectivity index (χ0v) is 14.3. The summed E-state index contributed by atoms with van der Waals surface area (Å²) in [6, 6.07) is 4.03. The summed E-state index contributed by atoms with van der Waals surface area (Å²) in [6.45, 7) is 3.76. The van der Waals surface area contributed by atoms with E-state index in [2.05, 4.69) is 15.2 Å². The summed E-state index contributed by atoms with van der Waals surface area (Å²) in [5.74, 6) is 0.724. The van der Waals surface area contributed by atoms with Crippen molar-refractivity contribution >= 4 is 5.91 Å². The molecule has 1 saturated carbocycles. The van der Waals surface area contributed by atoms with Gasteiger partial charge in [-0.2, -0.15) is 0 Å². The lowest BCUT2D eigenvalue weighted by molar-refractivity contribution is -0.119. The van der Waals surface area contributed by atoms with Gasteiger partial charge in [-0.1, -0.05) is 12.8 Å². The molecule has 1 aromatic heterocycles. The number of carbonyl (C=O) groups is 1. The molecule has 0 aromatic carbocycles.